The Morgan fingerprint density at radius 1 is 1.02 bits per heavy atom. The van der Waals surface area contributed by atoms with E-state index in [-0.39, 0.29) is 24.3 Å². The first-order valence-electron chi connectivity index (χ1n) is 13.7. The summed E-state index contributed by atoms with van der Waals surface area (Å²) in [5.41, 5.74) is 4.11. The monoisotopic (exact) mass is 596 g/mol. The van der Waals surface area contributed by atoms with Crippen molar-refractivity contribution in [1.29, 1.82) is 0 Å². The van der Waals surface area contributed by atoms with E-state index in [1.54, 1.807) is 48.8 Å². The number of aromatic nitrogens is 1. The molecule has 1 atom stereocenters. The molecular weight excluding hydrogens is 566 g/mol. The zero-order valence-corrected chi connectivity index (χ0v) is 25.0. The van der Waals surface area contributed by atoms with Gasteiger partial charge in [-0.1, -0.05) is 59.9 Å². The zero-order valence-electron chi connectivity index (χ0n) is 24.2. The number of ether oxygens (including phenoxy) is 2. The van der Waals surface area contributed by atoms with Gasteiger partial charge in [0.1, 0.15) is 12.4 Å². The first-order chi connectivity index (χ1) is 20.7. The molecule has 43 heavy (non-hydrogen) atoms. The summed E-state index contributed by atoms with van der Waals surface area (Å²) < 4.78 is 13.3. The average Bonchev–Trinajstić information content (AvgIpc) is 3.30. The number of nitrogens with zero attached hydrogens (tertiary/aromatic N) is 3. The predicted octanol–water partition coefficient (Wildman–Crippen LogP) is 2.81. The number of hydrogen-bond donors (Lipinski definition) is 0. The highest BCUT2D eigenvalue weighted by atomic mass is 32.1. The summed E-state index contributed by atoms with van der Waals surface area (Å²) in [6.07, 6.45) is 1.79. The maximum atomic E-state index is 13.8. The first kappa shape index (κ1) is 29.5. The van der Waals surface area contributed by atoms with Gasteiger partial charge in [0, 0.05) is 19.8 Å². The molecule has 5 rings (SSSR count). The topological polar surface area (TPSA) is 113 Å². The summed E-state index contributed by atoms with van der Waals surface area (Å²) in [7, 11) is 3.90. The Balaban J connectivity index is 1.45. The molecule has 1 aliphatic rings. The summed E-state index contributed by atoms with van der Waals surface area (Å²) >= 11 is 1.27. The number of thiazole rings is 1. The molecule has 1 aromatic heterocycles. The molecule has 1 aliphatic heterocycles. The number of rotatable bonds is 9. The molecule has 0 amide bonds. The first-order valence-corrected chi connectivity index (χ1v) is 14.5. The van der Waals surface area contributed by atoms with Gasteiger partial charge in [-0.15, -0.1) is 0 Å². The predicted molar refractivity (Wildman–Crippen MR) is 163 cm³/mol. The molecule has 2 heterocycles. The van der Waals surface area contributed by atoms with Crippen molar-refractivity contribution in [3.05, 3.63) is 126 Å². The minimum atomic E-state index is -1.22. The van der Waals surface area contributed by atoms with Gasteiger partial charge in [0.2, 0.25) is 0 Å². The van der Waals surface area contributed by atoms with Crippen LogP contribution in [0.5, 0.6) is 5.75 Å². The molecular formula is C33H30N3O6S-. The Morgan fingerprint density at radius 2 is 1.70 bits per heavy atom. The van der Waals surface area contributed by atoms with Crippen LogP contribution >= 0.6 is 11.3 Å². The largest absolute Gasteiger partial charge is 0.545 e. The fraction of sp³-hybridized carbons (Fsp3) is 0.212. The van der Waals surface area contributed by atoms with Gasteiger partial charge in [0.25, 0.3) is 5.56 Å². The number of fused-ring (bicyclic) bond motifs is 1. The lowest BCUT2D eigenvalue weighted by Gasteiger charge is -2.25. The highest BCUT2D eigenvalue weighted by molar-refractivity contribution is 7.07. The molecule has 1 unspecified atom stereocenters. The Kier molecular flexibility index (Phi) is 8.58. The average molecular weight is 597 g/mol. The van der Waals surface area contributed by atoms with Crippen molar-refractivity contribution in [2.45, 2.75) is 26.5 Å². The van der Waals surface area contributed by atoms with E-state index in [2.05, 4.69) is 4.99 Å². The van der Waals surface area contributed by atoms with Crippen molar-refractivity contribution >= 4 is 35.0 Å². The Morgan fingerprint density at radius 3 is 2.30 bits per heavy atom. The quantitative estimate of drug-likeness (QED) is 0.273. The smallest absolute Gasteiger partial charge is 0.338 e. The fourth-order valence-corrected chi connectivity index (χ4v) is 5.82. The van der Waals surface area contributed by atoms with E-state index < -0.39 is 18.0 Å². The minimum Gasteiger partial charge on any atom is -0.545 e. The van der Waals surface area contributed by atoms with Gasteiger partial charge in [-0.2, -0.15) is 0 Å². The standard InChI is InChI=1S/C33H31N3O6S/c1-5-41-32(40)28-20(2)34-33-36(29(28)23-12-14-25(15-13-23)35(3)4)30(37)27(43-33)18-21-8-16-26(17-9-21)42-19-22-6-10-24(11-7-22)31(38)39/h6-18,29H,5,19H2,1-4H3,(H,38,39)/p-1/b27-18+. The van der Waals surface area contributed by atoms with Crippen LogP contribution in [0.4, 0.5) is 5.69 Å². The number of hydrogen-bond acceptors (Lipinski definition) is 9. The van der Waals surface area contributed by atoms with Crippen LogP contribution in [-0.2, 0) is 16.1 Å². The van der Waals surface area contributed by atoms with E-state index >= 15 is 0 Å². The molecule has 9 nitrogen and oxygen atoms in total. The van der Waals surface area contributed by atoms with Crippen molar-refractivity contribution in [3.8, 4) is 5.75 Å². The van der Waals surface area contributed by atoms with Crippen LogP contribution in [-0.4, -0.2) is 37.2 Å². The molecule has 0 saturated heterocycles. The molecule has 3 aromatic carbocycles. The third kappa shape index (κ3) is 6.29. The fourth-order valence-electron chi connectivity index (χ4n) is 4.78. The number of carboxylic acid groups (broad SMARTS) is 1. The highest BCUT2D eigenvalue weighted by Crippen LogP contribution is 2.31. The van der Waals surface area contributed by atoms with Gasteiger partial charge >= 0.3 is 5.97 Å². The highest BCUT2D eigenvalue weighted by Gasteiger charge is 2.33. The van der Waals surface area contributed by atoms with Crippen molar-refractivity contribution in [2.24, 2.45) is 4.99 Å². The molecule has 0 saturated carbocycles. The maximum Gasteiger partial charge on any atom is 0.338 e. The third-order valence-electron chi connectivity index (χ3n) is 7.02. The normalized spacial score (nSPS) is 14.6. The molecule has 0 spiro atoms. The SMILES string of the molecule is CCOC(=O)C1=C(C)N=c2s/c(=C/c3ccc(OCc4ccc(C(=O)[O-])cc4)cc3)c(=O)n2C1c1ccc(N(C)C)cc1. The second-order valence-corrected chi connectivity index (χ2v) is 11.1. The van der Waals surface area contributed by atoms with E-state index in [1.807, 2.05) is 55.4 Å². The number of esters is 1. The van der Waals surface area contributed by atoms with Crippen LogP contribution in [0, 0.1) is 0 Å². The summed E-state index contributed by atoms with van der Waals surface area (Å²) in [5.74, 6) is -1.09. The van der Waals surface area contributed by atoms with Crippen molar-refractivity contribution in [1.82, 2.24) is 4.57 Å². The summed E-state index contributed by atoms with van der Waals surface area (Å²) in [4.78, 5) is 45.0. The number of benzene rings is 3. The van der Waals surface area contributed by atoms with Crippen LogP contribution in [0.2, 0.25) is 0 Å². The molecule has 4 aromatic rings. The van der Waals surface area contributed by atoms with Gasteiger partial charge in [-0.3, -0.25) is 9.36 Å². The molecule has 0 fully saturated rings. The van der Waals surface area contributed by atoms with Gasteiger partial charge < -0.3 is 24.3 Å². The Labute approximate surface area is 252 Å². The van der Waals surface area contributed by atoms with E-state index in [1.165, 1.54) is 23.5 Å². The number of anilines is 1. The van der Waals surface area contributed by atoms with Gasteiger partial charge in [-0.25, -0.2) is 9.79 Å². The lowest BCUT2D eigenvalue weighted by molar-refractivity contribution is -0.255. The molecule has 0 radical (unpaired) electrons. The minimum absolute atomic E-state index is 0.110. The number of carboxylic acids is 1. The van der Waals surface area contributed by atoms with E-state index in [0.29, 0.717) is 26.4 Å². The molecule has 0 aliphatic carbocycles. The summed E-state index contributed by atoms with van der Waals surface area (Å²) in [6.45, 7) is 3.99. The van der Waals surface area contributed by atoms with Crippen molar-refractivity contribution in [2.75, 3.05) is 25.6 Å². The Bertz CT molecular complexity index is 1870. The van der Waals surface area contributed by atoms with Gasteiger partial charge in [0.15, 0.2) is 4.80 Å². The lowest BCUT2D eigenvalue weighted by atomic mass is 9.95. The van der Waals surface area contributed by atoms with E-state index in [9.17, 15) is 19.5 Å². The molecule has 0 N–H and O–H groups in total. The van der Waals surface area contributed by atoms with Crippen LogP contribution < -0.4 is 29.6 Å². The van der Waals surface area contributed by atoms with Crippen LogP contribution in [0.1, 0.15) is 46.9 Å². The number of carbonyl (C=O) groups is 2. The van der Waals surface area contributed by atoms with Crippen LogP contribution in [0.3, 0.4) is 0 Å². The zero-order chi connectivity index (χ0) is 30.7. The lowest BCUT2D eigenvalue weighted by Crippen LogP contribution is -2.39. The second-order valence-electron chi connectivity index (χ2n) is 10.1. The molecule has 10 heteroatoms. The van der Waals surface area contributed by atoms with E-state index in [4.69, 9.17) is 9.47 Å². The molecule has 220 valence electrons. The van der Waals surface area contributed by atoms with Gasteiger partial charge in [0.05, 0.1) is 34.4 Å². The van der Waals surface area contributed by atoms with Crippen molar-refractivity contribution < 1.29 is 24.2 Å². The number of aromatic carboxylic acids is 1. The van der Waals surface area contributed by atoms with Gasteiger partial charge in [-0.05, 0) is 66.4 Å². The maximum absolute atomic E-state index is 13.8. The van der Waals surface area contributed by atoms with Crippen LogP contribution in [0.15, 0.2) is 93.9 Å². The van der Waals surface area contributed by atoms with E-state index in [0.717, 1.165) is 22.4 Å². The Hall–Kier alpha value is -4.96. The summed E-state index contributed by atoms with van der Waals surface area (Å²) in [6, 6.07) is 20.7. The summed E-state index contributed by atoms with van der Waals surface area (Å²) in [5, 5.41) is 10.9. The van der Waals surface area contributed by atoms with Crippen molar-refractivity contribution in [3.63, 3.8) is 0 Å². The second kappa shape index (κ2) is 12.5. The van der Waals surface area contributed by atoms with Crippen LogP contribution in [0.25, 0.3) is 6.08 Å². The molecule has 0 bridgehead atoms. The number of allylic oxidation sites excluding steroid dienone is 1. The number of carbonyl (C=O) groups excluding carboxylic acids is 2. The third-order valence-corrected chi connectivity index (χ3v) is 8.00.